The van der Waals surface area contributed by atoms with Crippen molar-refractivity contribution >= 4 is 17.3 Å². The molecule has 0 atom stereocenters. The van der Waals surface area contributed by atoms with Crippen molar-refractivity contribution in [3.63, 3.8) is 0 Å². The Hall–Kier alpha value is -4.08. The number of carbonyl (C=O) groups excluding carboxylic acids is 1. The molecule has 1 amide bonds. The molecular formula is C29H31N5O. The Balaban J connectivity index is 1.42. The highest BCUT2D eigenvalue weighted by atomic mass is 16.2. The second-order valence-corrected chi connectivity index (χ2v) is 8.81. The van der Waals surface area contributed by atoms with Crippen molar-refractivity contribution in [3.8, 4) is 6.07 Å². The largest absolute Gasteiger partial charge is 0.378 e. The summed E-state index contributed by atoms with van der Waals surface area (Å²) in [5.74, 6) is -0.236. The van der Waals surface area contributed by atoms with Gasteiger partial charge in [0, 0.05) is 57.8 Å². The van der Waals surface area contributed by atoms with Crippen molar-refractivity contribution in [2.24, 2.45) is 0 Å². The van der Waals surface area contributed by atoms with Crippen molar-refractivity contribution in [3.05, 3.63) is 108 Å². The Morgan fingerprint density at radius 1 is 0.886 bits per heavy atom. The van der Waals surface area contributed by atoms with Crippen LogP contribution in [0.2, 0.25) is 0 Å². The van der Waals surface area contributed by atoms with Crippen LogP contribution >= 0.6 is 0 Å². The number of nitrogens with one attached hydrogen (secondary N) is 1. The molecule has 0 aromatic heterocycles. The summed E-state index contributed by atoms with van der Waals surface area (Å²) in [7, 11) is 3.97. The third kappa shape index (κ3) is 5.89. The number of hydrogen-bond donors (Lipinski definition) is 1. The lowest BCUT2D eigenvalue weighted by Crippen LogP contribution is -2.50. The molecule has 1 aliphatic heterocycles. The van der Waals surface area contributed by atoms with Crippen LogP contribution in [0.1, 0.15) is 17.2 Å². The molecule has 4 rings (SSSR count). The van der Waals surface area contributed by atoms with E-state index >= 15 is 0 Å². The average Bonchev–Trinajstić information content (AvgIpc) is 2.91. The SMILES string of the molecule is CN(C)c1ccc(N/C=C(/C#N)C(=O)N2CCN(C(c3ccccc3)c3ccccc3)CC2)cc1. The molecule has 0 spiro atoms. The average molecular weight is 466 g/mol. The lowest BCUT2D eigenvalue weighted by Gasteiger charge is -2.39. The zero-order chi connectivity index (χ0) is 24.6. The minimum atomic E-state index is -0.236. The molecule has 0 aliphatic carbocycles. The van der Waals surface area contributed by atoms with E-state index in [0.29, 0.717) is 13.1 Å². The first-order chi connectivity index (χ1) is 17.1. The van der Waals surface area contributed by atoms with E-state index in [4.69, 9.17) is 0 Å². The molecule has 1 heterocycles. The predicted molar refractivity (Wildman–Crippen MR) is 141 cm³/mol. The van der Waals surface area contributed by atoms with E-state index in [9.17, 15) is 10.1 Å². The number of hydrogen-bond acceptors (Lipinski definition) is 5. The highest BCUT2D eigenvalue weighted by Crippen LogP contribution is 2.29. The van der Waals surface area contributed by atoms with Crippen LogP contribution in [0.3, 0.4) is 0 Å². The van der Waals surface area contributed by atoms with Gasteiger partial charge in [-0.2, -0.15) is 5.26 Å². The third-order valence-corrected chi connectivity index (χ3v) is 6.31. The first kappa shape index (κ1) is 24.1. The first-order valence-corrected chi connectivity index (χ1v) is 11.8. The maximum absolute atomic E-state index is 13.1. The van der Waals surface area contributed by atoms with E-state index in [0.717, 1.165) is 24.5 Å². The van der Waals surface area contributed by atoms with Crippen molar-refractivity contribution in [2.45, 2.75) is 6.04 Å². The number of amides is 1. The topological polar surface area (TPSA) is 62.6 Å². The van der Waals surface area contributed by atoms with Gasteiger partial charge in [0.25, 0.3) is 5.91 Å². The summed E-state index contributed by atoms with van der Waals surface area (Å²) in [6.07, 6.45) is 1.51. The summed E-state index contributed by atoms with van der Waals surface area (Å²) in [6.45, 7) is 2.62. The number of nitrogens with zero attached hydrogens (tertiary/aromatic N) is 4. The van der Waals surface area contributed by atoms with E-state index in [1.54, 1.807) is 4.90 Å². The molecule has 1 N–H and O–H groups in total. The highest BCUT2D eigenvalue weighted by molar-refractivity contribution is 5.97. The van der Waals surface area contributed by atoms with Crippen molar-refractivity contribution in [1.29, 1.82) is 5.26 Å². The monoisotopic (exact) mass is 465 g/mol. The summed E-state index contributed by atoms with van der Waals surface area (Å²) in [6, 6.07) is 31.0. The fourth-order valence-electron chi connectivity index (χ4n) is 4.39. The molecule has 1 aliphatic rings. The molecule has 1 fully saturated rings. The Kier molecular flexibility index (Phi) is 7.81. The van der Waals surface area contributed by atoms with Crippen molar-refractivity contribution in [1.82, 2.24) is 9.80 Å². The predicted octanol–water partition coefficient (Wildman–Crippen LogP) is 4.51. The maximum atomic E-state index is 13.1. The van der Waals surface area contributed by atoms with Crippen LogP contribution in [0.4, 0.5) is 11.4 Å². The molecule has 1 saturated heterocycles. The van der Waals surface area contributed by atoms with Crippen LogP contribution in [0.5, 0.6) is 0 Å². The van der Waals surface area contributed by atoms with E-state index in [1.807, 2.05) is 55.4 Å². The molecule has 0 radical (unpaired) electrons. The highest BCUT2D eigenvalue weighted by Gasteiger charge is 2.29. The van der Waals surface area contributed by atoms with Crippen LogP contribution < -0.4 is 10.2 Å². The summed E-state index contributed by atoms with van der Waals surface area (Å²) >= 11 is 0. The first-order valence-electron chi connectivity index (χ1n) is 11.8. The quantitative estimate of drug-likeness (QED) is 0.411. The Morgan fingerprint density at radius 3 is 1.91 bits per heavy atom. The number of nitriles is 1. The van der Waals surface area contributed by atoms with Crippen LogP contribution in [0.25, 0.3) is 0 Å². The van der Waals surface area contributed by atoms with Gasteiger partial charge in [0.15, 0.2) is 0 Å². The van der Waals surface area contributed by atoms with Gasteiger partial charge in [-0.25, -0.2) is 0 Å². The Labute approximate surface area is 207 Å². The maximum Gasteiger partial charge on any atom is 0.266 e. The van der Waals surface area contributed by atoms with Gasteiger partial charge < -0.3 is 15.1 Å². The molecule has 0 unspecified atom stereocenters. The normalized spacial score (nSPS) is 14.5. The van der Waals surface area contributed by atoms with Crippen LogP contribution in [-0.2, 0) is 4.79 Å². The summed E-state index contributed by atoms with van der Waals surface area (Å²) in [5.41, 5.74) is 4.49. The van der Waals surface area contributed by atoms with Gasteiger partial charge in [-0.15, -0.1) is 0 Å². The van der Waals surface area contributed by atoms with E-state index in [2.05, 4.69) is 64.8 Å². The van der Waals surface area contributed by atoms with Crippen LogP contribution in [0.15, 0.2) is 96.7 Å². The van der Waals surface area contributed by atoms with Gasteiger partial charge in [-0.1, -0.05) is 60.7 Å². The minimum Gasteiger partial charge on any atom is -0.378 e. The van der Waals surface area contributed by atoms with E-state index in [1.165, 1.54) is 17.3 Å². The summed E-state index contributed by atoms with van der Waals surface area (Å²) in [5, 5.41) is 12.7. The Morgan fingerprint density at radius 2 is 1.43 bits per heavy atom. The lowest BCUT2D eigenvalue weighted by atomic mass is 9.96. The van der Waals surface area contributed by atoms with Crippen molar-refractivity contribution in [2.75, 3.05) is 50.5 Å². The zero-order valence-corrected chi connectivity index (χ0v) is 20.3. The number of carbonyl (C=O) groups is 1. The Bertz CT molecular complexity index is 1140. The second-order valence-electron chi connectivity index (χ2n) is 8.81. The number of anilines is 2. The number of rotatable bonds is 7. The molecule has 6 heteroatoms. The van der Waals surface area contributed by atoms with E-state index < -0.39 is 0 Å². The lowest BCUT2D eigenvalue weighted by molar-refractivity contribution is -0.128. The van der Waals surface area contributed by atoms with Gasteiger partial charge in [0.05, 0.1) is 6.04 Å². The van der Waals surface area contributed by atoms with Gasteiger partial charge >= 0.3 is 0 Å². The third-order valence-electron chi connectivity index (χ3n) is 6.31. The smallest absolute Gasteiger partial charge is 0.266 e. The second kappa shape index (κ2) is 11.4. The fourth-order valence-corrected chi connectivity index (χ4v) is 4.39. The molecule has 35 heavy (non-hydrogen) atoms. The van der Waals surface area contributed by atoms with E-state index in [-0.39, 0.29) is 17.5 Å². The standard InChI is InChI=1S/C29H31N5O/c1-32(2)27-15-13-26(14-16-27)31-22-25(21-30)29(35)34-19-17-33(18-20-34)28(23-9-5-3-6-10-23)24-11-7-4-8-12-24/h3-16,22,28,31H,17-20H2,1-2H3/b25-22-. The number of benzene rings is 3. The fraction of sp³-hybridized carbons (Fsp3) is 0.241. The van der Waals surface area contributed by atoms with Crippen LogP contribution in [0, 0.1) is 11.3 Å². The van der Waals surface area contributed by atoms with Crippen molar-refractivity contribution < 1.29 is 4.79 Å². The molecule has 3 aromatic rings. The molecule has 6 nitrogen and oxygen atoms in total. The summed E-state index contributed by atoms with van der Waals surface area (Å²) < 4.78 is 0. The van der Waals surface area contributed by atoms with Gasteiger partial charge in [0.1, 0.15) is 11.6 Å². The summed E-state index contributed by atoms with van der Waals surface area (Å²) in [4.78, 5) is 19.3. The molecule has 178 valence electrons. The molecular weight excluding hydrogens is 434 g/mol. The van der Waals surface area contributed by atoms with Gasteiger partial charge in [-0.05, 0) is 35.4 Å². The molecule has 0 saturated carbocycles. The molecule has 0 bridgehead atoms. The van der Waals surface area contributed by atoms with Gasteiger partial charge in [-0.3, -0.25) is 9.69 Å². The van der Waals surface area contributed by atoms with Crippen LogP contribution in [-0.4, -0.2) is 56.0 Å². The minimum absolute atomic E-state index is 0.109. The molecule has 3 aromatic carbocycles. The number of piperazine rings is 1. The zero-order valence-electron chi connectivity index (χ0n) is 20.3. The van der Waals surface area contributed by atoms with Gasteiger partial charge in [0.2, 0.25) is 0 Å².